The largest absolute Gasteiger partial charge is 0.465 e. The van der Waals surface area contributed by atoms with E-state index in [2.05, 4.69) is 18.7 Å². The Balaban J connectivity index is 1.80. The van der Waals surface area contributed by atoms with Crippen molar-refractivity contribution in [2.45, 2.75) is 23.6 Å². The van der Waals surface area contributed by atoms with Crippen LogP contribution in [-0.4, -0.2) is 22.4 Å². The zero-order valence-electron chi connectivity index (χ0n) is 26.6. The summed E-state index contributed by atoms with van der Waals surface area (Å²) in [6.07, 6.45) is -0.367. The van der Waals surface area contributed by atoms with Crippen LogP contribution >= 0.6 is 23.5 Å². The van der Waals surface area contributed by atoms with E-state index in [0.717, 1.165) is 13.2 Å². The second-order valence-electron chi connectivity index (χ2n) is 10.9. The van der Waals surface area contributed by atoms with Gasteiger partial charge in [-0.1, -0.05) is 43.0 Å². The number of methoxy groups -OCH3 is 1. The highest BCUT2D eigenvalue weighted by Gasteiger charge is 2.26. The second kappa shape index (κ2) is 15.3. The molecule has 0 aliphatic heterocycles. The van der Waals surface area contributed by atoms with Crippen LogP contribution in [0.25, 0.3) is 38.9 Å². The van der Waals surface area contributed by atoms with Gasteiger partial charge in [-0.25, -0.2) is 22.4 Å². The Morgan fingerprint density at radius 3 is 2.24 bits per heavy atom. The van der Waals surface area contributed by atoms with Crippen LogP contribution < -0.4 is 0 Å². The highest BCUT2D eigenvalue weighted by molar-refractivity contribution is 7.98. The van der Waals surface area contributed by atoms with Gasteiger partial charge in [-0.05, 0) is 90.7 Å². The highest BCUT2D eigenvalue weighted by atomic mass is 35.5. The van der Waals surface area contributed by atoms with Crippen molar-refractivity contribution in [3.63, 3.8) is 0 Å². The lowest BCUT2D eigenvalue weighted by molar-refractivity contribution is -0.136. The summed E-state index contributed by atoms with van der Waals surface area (Å²) in [5, 5.41) is 20.0. The number of nitrogens with zero attached hydrogens (tertiary/aromatic N) is 3. The third kappa shape index (κ3) is 7.37. The Morgan fingerprint density at radius 2 is 1.64 bits per heavy atom. The quantitative estimate of drug-likeness (QED) is 0.0474. The number of aromatic nitrogens is 1. The maximum absolute atomic E-state index is 15.5. The number of fused-ring (bicyclic) bond motifs is 1. The number of hydrogen-bond donors (Lipinski definition) is 0. The molecule has 0 fully saturated rings. The third-order valence-electron chi connectivity index (χ3n) is 7.64. The smallest absolute Gasteiger partial charge is 0.340 e. The lowest BCUT2D eigenvalue weighted by Crippen LogP contribution is -2.07. The number of allylic oxidation sites excluding steroid dienone is 3. The third-order valence-corrected chi connectivity index (χ3v) is 8.81. The van der Waals surface area contributed by atoms with Crippen LogP contribution in [0.2, 0.25) is 0 Å². The van der Waals surface area contributed by atoms with Gasteiger partial charge in [0.05, 0.1) is 47.2 Å². The van der Waals surface area contributed by atoms with Crippen LogP contribution in [0.1, 0.15) is 35.6 Å². The number of benzene rings is 4. The molecule has 1 atom stereocenters. The molecule has 0 aliphatic rings. The number of nitriles is 2. The summed E-state index contributed by atoms with van der Waals surface area (Å²) in [7, 11) is 1.12. The van der Waals surface area contributed by atoms with Crippen LogP contribution in [0.5, 0.6) is 0 Å². The molecule has 1 aromatic heterocycles. The van der Waals surface area contributed by atoms with Crippen molar-refractivity contribution in [2.24, 2.45) is 0 Å². The normalized spacial score (nSPS) is 12.4. The molecule has 50 heavy (non-hydrogen) atoms. The van der Waals surface area contributed by atoms with Crippen LogP contribution in [0.15, 0.2) is 120 Å². The van der Waals surface area contributed by atoms with Crippen molar-refractivity contribution in [1.82, 2.24) is 3.97 Å². The molecule has 0 saturated heterocycles. The zero-order chi connectivity index (χ0) is 36.1. The number of rotatable bonds is 10. The minimum Gasteiger partial charge on any atom is -0.465 e. The predicted molar refractivity (Wildman–Crippen MR) is 188 cm³/mol. The molecular weight excluding hydrogens is 686 g/mol. The first-order valence-corrected chi connectivity index (χ1v) is 16.1. The molecule has 250 valence electrons. The van der Waals surface area contributed by atoms with Crippen LogP contribution in [0, 0.1) is 28.5 Å². The van der Waals surface area contributed by atoms with Crippen LogP contribution in [-0.2, 0) is 9.53 Å². The van der Waals surface area contributed by atoms with Gasteiger partial charge in [-0.15, -0.1) is 11.6 Å². The number of carbonyl (C=O) groups is 1. The van der Waals surface area contributed by atoms with E-state index in [1.54, 1.807) is 59.4 Å². The number of alkyl halides is 3. The standard InChI is InChI=1S/C39H26ClF4N3O2S/c1-22(16-33(42)31(17-23(2)40)39(48)49-3)25-6-4-7-26(18-25)37-36(35-27(20-45)8-5-9-28(35)21-46)32-19-29(41)12-15-34(32)47(37)50-30-13-10-24(11-14-30)38(43)44/h4-19,23,38H,1H2,2-3H3/b31-17+,33-16+. The summed E-state index contributed by atoms with van der Waals surface area (Å²) < 4.78 is 63.7. The second-order valence-corrected chi connectivity index (χ2v) is 12.6. The fraction of sp³-hybridized carbons (Fsp3) is 0.103. The summed E-state index contributed by atoms with van der Waals surface area (Å²) in [5.74, 6) is -2.41. The van der Waals surface area contributed by atoms with Crippen molar-refractivity contribution < 1.29 is 27.1 Å². The molecule has 0 saturated carbocycles. The Bertz CT molecular complexity index is 2250. The molecule has 4 aromatic carbocycles. The number of halogens is 5. The molecule has 11 heteroatoms. The summed E-state index contributed by atoms with van der Waals surface area (Å²) in [6.45, 7) is 5.57. The molecule has 5 rings (SSSR count). The van der Waals surface area contributed by atoms with Crippen LogP contribution in [0.4, 0.5) is 17.6 Å². The van der Waals surface area contributed by atoms with E-state index in [9.17, 15) is 28.5 Å². The molecule has 1 heterocycles. The molecule has 0 bridgehead atoms. The predicted octanol–water partition coefficient (Wildman–Crippen LogP) is 10.9. The molecular formula is C39H26ClF4N3O2S. The van der Waals surface area contributed by atoms with Crippen molar-refractivity contribution in [3.8, 4) is 34.5 Å². The average molecular weight is 712 g/mol. The SMILES string of the molecule is C=C(/C=C(F)\C(=C/C(C)Cl)C(=O)OC)c1cccc(-c2c(-c3c(C#N)cccc3C#N)c3cc(F)ccc3n2Sc2ccc(C(F)F)cc2)c1. The maximum atomic E-state index is 15.5. The summed E-state index contributed by atoms with van der Waals surface area (Å²) in [5.41, 5.74) is 2.54. The van der Waals surface area contributed by atoms with Crippen molar-refractivity contribution in [3.05, 3.63) is 143 Å². The van der Waals surface area contributed by atoms with Gasteiger partial charge < -0.3 is 4.74 Å². The summed E-state index contributed by atoms with van der Waals surface area (Å²) in [6, 6.07) is 25.6. The fourth-order valence-corrected chi connectivity index (χ4v) is 6.54. The van der Waals surface area contributed by atoms with E-state index in [0.29, 0.717) is 38.2 Å². The van der Waals surface area contributed by atoms with Gasteiger partial charge in [0, 0.05) is 37.9 Å². The molecule has 0 radical (unpaired) electrons. The molecule has 5 aromatic rings. The van der Waals surface area contributed by atoms with Gasteiger partial charge in [-0.3, -0.25) is 3.97 Å². The maximum Gasteiger partial charge on any atom is 0.340 e. The van der Waals surface area contributed by atoms with Gasteiger partial charge in [0.15, 0.2) is 0 Å². The minimum absolute atomic E-state index is 0.159. The molecule has 0 aliphatic carbocycles. The zero-order valence-corrected chi connectivity index (χ0v) is 28.1. The van der Waals surface area contributed by atoms with Crippen molar-refractivity contribution in [2.75, 3.05) is 7.11 Å². The minimum atomic E-state index is -2.66. The lowest BCUT2D eigenvalue weighted by Gasteiger charge is -2.15. The first-order chi connectivity index (χ1) is 24.0. The van der Waals surface area contributed by atoms with E-state index in [1.165, 1.54) is 54.4 Å². The fourth-order valence-electron chi connectivity index (χ4n) is 5.40. The molecule has 0 amide bonds. The van der Waals surface area contributed by atoms with Crippen molar-refractivity contribution >= 4 is 46.0 Å². The van der Waals surface area contributed by atoms with Gasteiger partial charge in [-0.2, -0.15) is 10.5 Å². The Morgan fingerprint density at radius 1 is 0.980 bits per heavy atom. The first kappa shape index (κ1) is 35.7. The molecule has 0 N–H and O–H groups in total. The van der Waals surface area contributed by atoms with E-state index < -0.39 is 29.4 Å². The monoisotopic (exact) mass is 711 g/mol. The van der Waals surface area contributed by atoms with Gasteiger partial charge >= 0.3 is 5.97 Å². The Kier molecular flexibility index (Phi) is 11.0. The summed E-state index contributed by atoms with van der Waals surface area (Å²) >= 11 is 7.17. The molecule has 1 unspecified atom stereocenters. The Hall–Kier alpha value is -5.55. The van der Waals surface area contributed by atoms with E-state index >= 15 is 4.39 Å². The van der Waals surface area contributed by atoms with Gasteiger partial charge in [0.25, 0.3) is 6.43 Å². The highest BCUT2D eigenvalue weighted by Crippen LogP contribution is 2.47. The topological polar surface area (TPSA) is 78.8 Å². The van der Waals surface area contributed by atoms with E-state index in [-0.39, 0.29) is 33.4 Å². The number of hydrogen-bond acceptors (Lipinski definition) is 5. The first-order valence-electron chi connectivity index (χ1n) is 14.9. The van der Waals surface area contributed by atoms with Crippen LogP contribution in [0.3, 0.4) is 0 Å². The van der Waals surface area contributed by atoms with E-state index in [1.807, 2.05) is 0 Å². The molecule has 5 nitrogen and oxygen atoms in total. The van der Waals surface area contributed by atoms with Gasteiger partial charge in [0.1, 0.15) is 11.6 Å². The van der Waals surface area contributed by atoms with Gasteiger partial charge in [0.2, 0.25) is 0 Å². The average Bonchev–Trinajstić information content (AvgIpc) is 3.41. The lowest BCUT2D eigenvalue weighted by atomic mass is 9.90. The number of carbonyl (C=O) groups excluding carboxylic acids is 1. The van der Waals surface area contributed by atoms with Crippen molar-refractivity contribution in [1.29, 1.82) is 10.5 Å². The molecule has 0 spiro atoms. The number of esters is 1. The Labute approximate surface area is 295 Å². The summed E-state index contributed by atoms with van der Waals surface area (Å²) in [4.78, 5) is 12.9. The number of ether oxygens (including phenoxy) is 1. The van der Waals surface area contributed by atoms with E-state index in [4.69, 9.17) is 16.3 Å².